The molecular formula is C14H22N4O. The fourth-order valence-electron chi connectivity index (χ4n) is 2.62. The van der Waals surface area contributed by atoms with Crippen molar-refractivity contribution in [1.29, 1.82) is 0 Å². The second-order valence-corrected chi connectivity index (χ2v) is 4.99. The van der Waals surface area contributed by atoms with E-state index in [9.17, 15) is 4.79 Å². The lowest BCUT2D eigenvalue weighted by atomic mass is 10.1. The minimum atomic E-state index is 0.0392. The van der Waals surface area contributed by atoms with Crippen LogP contribution >= 0.6 is 0 Å². The number of hydrogen-bond donors (Lipinski definition) is 2. The van der Waals surface area contributed by atoms with Crippen LogP contribution in [0.1, 0.15) is 49.5 Å². The molecular weight excluding hydrogens is 240 g/mol. The number of carbonyl (C=O) groups is 1. The summed E-state index contributed by atoms with van der Waals surface area (Å²) in [6.07, 6.45) is 7.21. The third-order valence-corrected chi connectivity index (χ3v) is 3.76. The minimum Gasteiger partial charge on any atom is -0.334 e. The molecule has 2 rings (SSSR count). The van der Waals surface area contributed by atoms with Crippen molar-refractivity contribution in [2.45, 2.75) is 45.1 Å². The van der Waals surface area contributed by atoms with Crippen LogP contribution in [0.5, 0.6) is 0 Å². The van der Waals surface area contributed by atoms with Crippen molar-refractivity contribution in [2.24, 2.45) is 5.84 Å². The number of hydrogen-bond acceptors (Lipinski definition) is 4. The third-order valence-electron chi connectivity index (χ3n) is 3.76. The molecule has 0 radical (unpaired) electrons. The molecule has 5 heteroatoms. The average Bonchev–Trinajstić information content (AvgIpc) is 2.71. The summed E-state index contributed by atoms with van der Waals surface area (Å²) in [5.74, 6) is 5.34. The minimum absolute atomic E-state index is 0.0392. The van der Waals surface area contributed by atoms with Gasteiger partial charge < -0.3 is 10.3 Å². The lowest BCUT2D eigenvalue weighted by Crippen LogP contribution is -2.40. The summed E-state index contributed by atoms with van der Waals surface area (Å²) in [6, 6.07) is 3.86. The Morgan fingerprint density at radius 1 is 1.47 bits per heavy atom. The highest BCUT2D eigenvalue weighted by Crippen LogP contribution is 2.21. The smallest absolute Gasteiger partial charge is 0.272 e. The van der Waals surface area contributed by atoms with E-state index >= 15 is 0 Å². The van der Waals surface area contributed by atoms with Gasteiger partial charge in [0.2, 0.25) is 0 Å². The van der Waals surface area contributed by atoms with Crippen molar-refractivity contribution < 1.29 is 4.79 Å². The van der Waals surface area contributed by atoms with Gasteiger partial charge in [0.25, 0.3) is 5.91 Å². The zero-order chi connectivity index (χ0) is 13.7. The predicted octanol–water partition coefficient (Wildman–Crippen LogP) is 2.16. The molecule has 19 heavy (non-hydrogen) atoms. The summed E-state index contributed by atoms with van der Waals surface area (Å²) in [7, 11) is 0. The fourth-order valence-corrected chi connectivity index (χ4v) is 2.62. The molecule has 1 aromatic heterocycles. The molecule has 1 aliphatic heterocycles. The largest absolute Gasteiger partial charge is 0.334 e. The maximum absolute atomic E-state index is 12.5. The molecule has 2 heterocycles. The van der Waals surface area contributed by atoms with Crippen LogP contribution in [-0.4, -0.2) is 28.4 Å². The molecule has 1 unspecified atom stereocenters. The van der Waals surface area contributed by atoms with E-state index in [1.54, 1.807) is 18.3 Å². The highest BCUT2D eigenvalue weighted by molar-refractivity contribution is 5.92. The summed E-state index contributed by atoms with van der Waals surface area (Å²) in [5.41, 5.74) is 3.72. The van der Waals surface area contributed by atoms with E-state index < -0.39 is 0 Å². The molecule has 1 amide bonds. The number of hydrazine groups is 1. The Hall–Kier alpha value is -1.62. The van der Waals surface area contributed by atoms with Gasteiger partial charge in [-0.15, -0.1) is 0 Å². The lowest BCUT2D eigenvalue weighted by Gasteiger charge is -2.29. The van der Waals surface area contributed by atoms with Crippen molar-refractivity contribution in [1.82, 2.24) is 9.88 Å². The molecule has 104 valence electrons. The first kappa shape index (κ1) is 13.8. The Bertz CT molecular complexity index is 418. The maximum atomic E-state index is 12.5. The van der Waals surface area contributed by atoms with Gasteiger partial charge in [-0.25, -0.2) is 4.98 Å². The number of nitrogens with one attached hydrogen (secondary N) is 1. The van der Waals surface area contributed by atoms with E-state index in [-0.39, 0.29) is 5.91 Å². The van der Waals surface area contributed by atoms with Gasteiger partial charge in [-0.3, -0.25) is 10.6 Å². The summed E-state index contributed by atoms with van der Waals surface area (Å²) >= 11 is 0. The molecule has 0 saturated carbocycles. The summed E-state index contributed by atoms with van der Waals surface area (Å²) in [6.45, 7) is 2.99. The van der Waals surface area contributed by atoms with Gasteiger partial charge in [0, 0.05) is 12.6 Å². The van der Waals surface area contributed by atoms with Crippen LogP contribution in [0.15, 0.2) is 18.3 Å². The van der Waals surface area contributed by atoms with Crippen LogP contribution in [0.25, 0.3) is 0 Å². The van der Waals surface area contributed by atoms with Crippen LogP contribution in [0.3, 0.4) is 0 Å². The molecule has 1 atom stereocenters. The van der Waals surface area contributed by atoms with Gasteiger partial charge in [-0.1, -0.05) is 19.8 Å². The van der Waals surface area contributed by atoms with E-state index in [0.717, 1.165) is 25.8 Å². The second kappa shape index (κ2) is 6.52. The number of likely N-dealkylation sites (tertiary alicyclic amines) is 1. The molecule has 1 aromatic rings. The third kappa shape index (κ3) is 3.23. The van der Waals surface area contributed by atoms with E-state index in [1.807, 2.05) is 4.90 Å². The maximum Gasteiger partial charge on any atom is 0.272 e. The van der Waals surface area contributed by atoms with Crippen LogP contribution in [0.4, 0.5) is 5.69 Å². The van der Waals surface area contributed by atoms with Gasteiger partial charge in [-0.2, -0.15) is 0 Å². The molecule has 0 aliphatic carbocycles. The van der Waals surface area contributed by atoms with Crippen molar-refractivity contribution in [3.63, 3.8) is 0 Å². The molecule has 3 N–H and O–H groups in total. The highest BCUT2D eigenvalue weighted by Gasteiger charge is 2.25. The van der Waals surface area contributed by atoms with Gasteiger partial charge in [0.1, 0.15) is 5.69 Å². The first-order valence-corrected chi connectivity index (χ1v) is 7.00. The molecule has 1 fully saturated rings. The van der Waals surface area contributed by atoms with E-state index in [2.05, 4.69) is 17.3 Å². The van der Waals surface area contributed by atoms with Gasteiger partial charge in [-0.05, 0) is 31.4 Å². The van der Waals surface area contributed by atoms with Crippen molar-refractivity contribution in [3.05, 3.63) is 24.0 Å². The standard InChI is InChI=1S/C14H22N4O/c1-2-12-6-4-3-5-9-18(12)14(19)13-8-7-11(17-15)10-16-13/h7-8,10,12,17H,2-6,9,15H2,1H3. The Labute approximate surface area is 114 Å². The molecule has 5 nitrogen and oxygen atoms in total. The number of pyridine rings is 1. The first-order valence-electron chi connectivity index (χ1n) is 7.00. The summed E-state index contributed by atoms with van der Waals surface area (Å²) in [4.78, 5) is 18.7. The van der Waals surface area contributed by atoms with Crippen molar-refractivity contribution in [3.8, 4) is 0 Å². The monoisotopic (exact) mass is 262 g/mol. The Kier molecular flexibility index (Phi) is 4.74. The summed E-state index contributed by atoms with van der Waals surface area (Å²) in [5, 5.41) is 0. The van der Waals surface area contributed by atoms with Gasteiger partial charge >= 0.3 is 0 Å². The average molecular weight is 262 g/mol. The van der Waals surface area contributed by atoms with Crippen LogP contribution in [0.2, 0.25) is 0 Å². The zero-order valence-corrected chi connectivity index (χ0v) is 11.4. The van der Waals surface area contributed by atoms with Gasteiger partial charge in [0.05, 0.1) is 11.9 Å². The quantitative estimate of drug-likeness (QED) is 0.647. The van der Waals surface area contributed by atoms with E-state index in [4.69, 9.17) is 5.84 Å². The molecule has 0 bridgehead atoms. The normalized spacial score (nSPS) is 19.9. The number of rotatable bonds is 3. The molecule has 0 spiro atoms. The highest BCUT2D eigenvalue weighted by atomic mass is 16.2. The fraction of sp³-hybridized carbons (Fsp3) is 0.571. The Morgan fingerprint density at radius 2 is 2.32 bits per heavy atom. The van der Waals surface area contributed by atoms with Crippen LogP contribution < -0.4 is 11.3 Å². The number of amides is 1. The van der Waals surface area contributed by atoms with Crippen molar-refractivity contribution in [2.75, 3.05) is 12.0 Å². The number of nitrogen functional groups attached to an aromatic ring is 1. The topological polar surface area (TPSA) is 71.2 Å². The Morgan fingerprint density at radius 3 is 2.95 bits per heavy atom. The number of anilines is 1. The van der Waals surface area contributed by atoms with E-state index in [0.29, 0.717) is 17.4 Å². The predicted molar refractivity (Wildman–Crippen MR) is 75.6 cm³/mol. The number of nitrogens with two attached hydrogens (primary N) is 1. The number of carbonyl (C=O) groups excluding carboxylic acids is 1. The number of nitrogens with zero attached hydrogens (tertiary/aromatic N) is 2. The molecule has 1 saturated heterocycles. The van der Waals surface area contributed by atoms with Gasteiger partial charge in [0.15, 0.2) is 0 Å². The number of aromatic nitrogens is 1. The zero-order valence-electron chi connectivity index (χ0n) is 11.4. The lowest BCUT2D eigenvalue weighted by molar-refractivity contribution is 0.0672. The molecule has 0 aromatic carbocycles. The van der Waals surface area contributed by atoms with E-state index in [1.165, 1.54) is 12.8 Å². The van der Waals surface area contributed by atoms with Crippen LogP contribution in [-0.2, 0) is 0 Å². The molecule has 1 aliphatic rings. The first-order chi connectivity index (χ1) is 9.26. The summed E-state index contributed by atoms with van der Waals surface area (Å²) < 4.78 is 0. The SMILES string of the molecule is CCC1CCCCCN1C(=O)c1ccc(NN)cn1. The second-order valence-electron chi connectivity index (χ2n) is 4.99. The Balaban J connectivity index is 2.15. The van der Waals surface area contributed by atoms with Crippen LogP contribution in [0, 0.1) is 0 Å². The van der Waals surface area contributed by atoms with Crippen molar-refractivity contribution >= 4 is 11.6 Å².